The predicted octanol–water partition coefficient (Wildman–Crippen LogP) is 1.83. The second kappa shape index (κ2) is 11.3. The molecule has 0 aromatic carbocycles. The predicted molar refractivity (Wildman–Crippen MR) is 81.3 cm³/mol. The molecule has 2 N–H and O–H groups in total. The molecule has 4 nitrogen and oxygen atoms in total. The fourth-order valence-electron chi connectivity index (χ4n) is 2.25. The Morgan fingerprint density at radius 3 is 2.57 bits per heavy atom. The van der Waals surface area contributed by atoms with E-state index in [0.717, 1.165) is 13.0 Å². The van der Waals surface area contributed by atoms with Crippen molar-refractivity contribution in [2.45, 2.75) is 25.4 Å². The number of halogens is 5. The number of likely N-dealkylation sites (tertiary alicyclic amines) is 1. The van der Waals surface area contributed by atoms with Crippen molar-refractivity contribution >= 4 is 30.7 Å². The zero-order valence-corrected chi connectivity index (χ0v) is 13.7. The lowest BCUT2D eigenvalue weighted by atomic mass is 10.1. The molecule has 0 saturated carbocycles. The molecule has 1 atom stereocenters. The Morgan fingerprint density at radius 2 is 2.00 bits per heavy atom. The zero-order chi connectivity index (χ0) is 14.3. The lowest BCUT2D eigenvalue weighted by Crippen LogP contribution is -2.34. The van der Waals surface area contributed by atoms with Crippen LogP contribution in [0, 0.1) is 5.92 Å². The Morgan fingerprint density at radius 1 is 1.33 bits per heavy atom. The largest absolute Gasteiger partial charge is 0.401 e. The highest BCUT2D eigenvalue weighted by Gasteiger charge is 2.34. The monoisotopic (exact) mass is 353 g/mol. The van der Waals surface area contributed by atoms with Crippen LogP contribution in [0.1, 0.15) is 19.3 Å². The normalized spacial score (nSPS) is 18.8. The number of nitrogens with zero attached hydrogens (tertiary/aromatic N) is 1. The van der Waals surface area contributed by atoms with Crippen LogP contribution in [0.25, 0.3) is 0 Å². The minimum Gasteiger partial charge on any atom is -0.356 e. The molecule has 0 bridgehead atoms. The van der Waals surface area contributed by atoms with Crippen molar-refractivity contribution in [3.05, 3.63) is 0 Å². The maximum Gasteiger partial charge on any atom is 0.401 e. The average molecular weight is 354 g/mol. The standard InChI is InChI=1S/C12H22F3N3O.2ClH/c1-16-5-2-3-11(19)17-7-10-4-6-18(8-10)9-12(13,14)15;;/h10,16H,2-9H2,1H3,(H,17,19);2*1H. The van der Waals surface area contributed by atoms with E-state index in [2.05, 4.69) is 10.6 Å². The van der Waals surface area contributed by atoms with Crippen molar-refractivity contribution in [3.8, 4) is 0 Å². The van der Waals surface area contributed by atoms with Crippen molar-refractivity contribution < 1.29 is 18.0 Å². The van der Waals surface area contributed by atoms with Crippen molar-refractivity contribution in [3.63, 3.8) is 0 Å². The van der Waals surface area contributed by atoms with Gasteiger partial charge in [0.25, 0.3) is 0 Å². The molecule has 1 unspecified atom stereocenters. The van der Waals surface area contributed by atoms with Gasteiger partial charge in [0.05, 0.1) is 6.54 Å². The first-order chi connectivity index (χ1) is 8.90. The number of hydrogen-bond donors (Lipinski definition) is 2. The molecular weight excluding hydrogens is 330 g/mol. The van der Waals surface area contributed by atoms with E-state index < -0.39 is 12.7 Å². The molecule has 0 aromatic rings. The van der Waals surface area contributed by atoms with Crippen LogP contribution < -0.4 is 10.6 Å². The van der Waals surface area contributed by atoms with Gasteiger partial charge < -0.3 is 10.6 Å². The molecule has 128 valence electrons. The lowest BCUT2D eigenvalue weighted by molar-refractivity contribution is -0.143. The number of nitrogens with one attached hydrogen (secondary N) is 2. The summed E-state index contributed by atoms with van der Waals surface area (Å²) >= 11 is 0. The average Bonchev–Trinajstić information content (AvgIpc) is 2.72. The van der Waals surface area contributed by atoms with Gasteiger partial charge in [0.2, 0.25) is 5.91 Å². The summed E-state index contributed by atoms with van der Waals surface area (Å²) in [6.07, 6.45) is -2.19. The van der Waals surface area contributed by atoms with E-state index in [1.165, 1.54) is 4.90 Å². The summed E-state index contributed by atoms with van der Waals surface area (Å²) in [4.78, 5) is 12.9. The number of carbonyl (C=O) groups excluding carboxylic acids is 1. The second-order valence-corrected chi connectivity index (χ2v) is 5.02. The molecule has 0 aliphatic carbocycles. The Hall–Kier alpha value is -0.240. The number of carbonyl (C=O) groups is 1. The van der Waals surface area contributed by atoms with E-state index in [0.29, 0.717) is 32.5 Å². The summed E-state index contributed by atoms with van der Waals surface area (Å²) in [6, 6.07) is 0. The Bertz CT molecular complexity index is 293. The van der Waals surface area contributed by atoms with Crippen LogP contribution in [0.3, 0.4) is 0 Å². The third-order valence-corrected chi connectivity index (χ3v) is 3.19. The van der Waals surface area contributed by atoms with Crippen LogP contribution >= 0.6 is 24.8 Å². The van der Waals surface area contributed by atoms with Crippen LogP contribution in [-0.2, 0) is 4.79 Å². The van der Waals surface area contributed by atoms with Crippen LogP contribution in [-0.4, -0.2) is 56.8 Å². The first-order valence-electron chi connectivity index (χ1n) is 6.61. The molecular formula is C12H24Cl2F3N3O. The minimum absolute atomic E-state index is 0. The van der Waals surface area contributed by atoms with E-state index in [-0.39, 0.29) is 36.6 Å². The van der Waals surface area contributed by atoms with Crippen molar-refractivity contribution in [1.29, 1.82) is 0 Å². The fraction of sp³-hybridized carbons (Fsp3) is 0.917. The molecule has 1 aliphatic rings. The van der Waals surface area contributed by atoms with E-state index in [4.69, 9.17) is 0 Å². The van der Waals surface area contributed by atoms with Gasteiger partial charge in [0.15, 0.2) is 0 Å². The number of hydrogen-bond acceptors (Lipinski definition) is 3. The summed E-state index contributed by atoms with van der Waals surface area (Å²) in [5.41, 5.74) is 0. The van der Waals surface area contributed by atoms with Crippen molar-refractivity contribution in [2.75, 3.05) is 39.8 Å². The summed E-state index contributed by atoms with van der Waals surface area (Å²) in [6.45, 7) is 1.29. The van der Waals surface area contributed by atoms with Crippen molar-refractivity contribution in [1.82, 2.24) is 15.5 Å². The lowest BCUT2D eigenvalue weighted by Gasteiger charge is -2.18. The summed E-state index contributed by atoms with van der Waals surface area (Å²) in [5, 5.41) is 5.75. The van der Waals surface area contributed by atoms with Gasteiger partial charge >= 0.3 is 6.18 Å². The zero-order valence-electron chi connectivity index (χ0n) is 12.0. The van der Waals surface area contributed by atoms with Gasteiger partial charge in [-0.25, -0.2) is 0 Å². The van der Waals surface area contributed by atoms with Gasteiger partial charge in [0.1, 0.15) is 0 Å². The number of rotatable bonds is 7. The molecule has 1 aliphatic heterocycles. The molecule has 0 spiro atoms. The maximum absolute atomic E-state index is 12.2. The quantitative estimate of drug-likeness (QED) is 0.686. The van der Waals surface area contributed by atoms with Crippen LogP contribution in [0.2, 0.25) is 0 Å². The van der Waals surface area contributed by atoms with Gasteiger partial charge in [-0.05, 0) is 38.9 Å². The molecule has 1 fully saturated rings. The first kappa shape index (κ1) is 23.0. The van der Waals surface area contributed by atoms with Crippen LogP contribution in [0.5, 0.6) is 0 Å². The van der Waals surface area contributed by atoms with Gasteiger partial charge in [-0.15, -0.1) is 24.8 Å². The number of alkyl halides is 3. The van der Waals surface area contributed by atoms with Gasteiger partial charge in [0, 0.05) is 19.5 Å². The summed E-state index contributed by atoms with van der Waals surface area (Å²) in [7, 11) is 1.83. The highest BCUT2D eigenvalue weighted by Crippen LogP contribution is 2.22. The first-order valence-corrected chi connectivity index (χ1v) is 6.61. The molecule has 0 radical (unpaired) electrons. The van der Waals surface area contributed by atoms with Crippen LogP contribution in [0.4, 0.5) is 13.2 Å². The smallest absolute Gasteiger partial charge is 0.356 e. The summed E-state index contributed by atoms with van der Waals surface area (Å²) < 4.78 is 36.6. The number of amides is 1. The Balaban J connectivity index is 0. The third-order valence-electron chi connectivity index (χ3n) is 3.19. The molecule has 1 heterocycles. The van der Waals surface area contributed by atoms with Gasteiger partial charge in [-0.3, -0.25) is 9.69 Å². The SMILES string of the molecule is CNCCCC(=O)NCC1CCN(CC(F)(F)F)C1.Cl.Cl. The molecule has 21 heavy (non-hydrogen) atoms. The Kier molecular flexibility index (Phi) is 12.4. The highest BCUT2D eigenvalue weighted by atomic mass is 35.5. The van der Waals surface area contributed by atoms with E-state index in [9.17, 15) is 18.0 Å². The van der Waals surface area contributed by atoms with Gasteiger partial charge in [-0.2, -0.15) is 13.2 Å². The summed E-state index contributed by atoms with van der Waals surface area (Å²) in [5.74, 6) is 0.111. The molecule has 1 rings (SSSR count). The Labute approximate surface area is 136 Å². The molecule has 1 saturated heterocycles. The van der Waals surface area contributed by atoms with Crippen LogP contribution in [0.15, 0.2) is 0 Å². The fourth-order valence-corrected chi connectivity index (χ4v) is 2.25. The highest BCUT2D eigenvalue weighted by molar-refractivity contribution is 5.85. The van der Waals surface area contributed by atoms with Crippen molar-refractivity contribution in [2.24, 2.45) is 5.92 Å². The second-order valence-electron chi connectivity index (χ2n) is 5.02. The van der Waals surface area contributed by atoms with E-state index >= 15 is 0 Å². The molecule has 0 aromatic heterocycles. The maximum atomic E-state index is 12.2. The topological polar surface area (TPSA) is 44.4 Å². The van der Waals surface area contributed by atoms with E-state index in [1.807, 2.05) is 7.05 Å². The molecule has 9 heteroatoms. The molecule has 1 amide bonds. The third kappa shape index (κ3) is 11.0. The minimum atomic E-state index is -4.13. The van der Waals surface area contributed by atoms with E-state index in [1.54, 1.807) is 0 Å². The van der Waals surface area contributed by atoms with Gasteiger partial charge in [-0.1, -0.05) is 0 Å².